The van der Waals surface area contributed by atoms with E-state index in [-0.39, 0.29) is 24.8 Å². The van der Waals surface area contributed by atoms with Crippen LogP contribution < -0.4 is 30.7 Å². The van der Waals surface area contributed by atoms with Gasteiger partial charge in [-0.05, 0) is 64.0 Å². The summed E-state index contributed by atoms with van der Waals surface area (Å²) in [5, 5.41) is 13.9. The molecule has 2 fully saturated rings. The van der Waals surface area contributed by atoms with E-state index in [4.69, 9.17) is 9.47 Å². The number of rotatable bonds is 8. The minimum absolute atomic E-state index is 0. The Kier molecular flexibility index (Phi) is 16.0. The molecule has 0 saturated carbocycles. The number of piperidine rings is 2. The Labute approximate surface area is 217 Å². The molecule has 2 heterocycles. The summed E-state index contributed by atoms with van der Waals surface area (Å²) in [7, 11) is 3.45. The minimum atomic E-state index is 0. The third kappa shape index (κ3) is 10.4. The first-order valence-corrected chi connectivity index (χ1v) is 11.9. The number of ether oxygens (including phenoxy) is 2. The van der Waals surface area contributed by atoms with Gasteiger partial charge in [0.05, 0.1) is 14.2 Å². The molecule has 34 heavy (non-hydrogen) atoms. The first-order valence-electron chi connectivity index (χ1n) is 11.9. The monoisotopic (exact) mass is 512 g/mol. The van der Waals surface area contributed by atoms with E-state index >= 15 is 0 Å². The van der Waals surface area contributed by atoms with Gasteiger partial charge in [0, 0.05) is 36.3 Å². The summed E-state index contributed by atoms with van der Waals surface area (Å²) in [5.74, 6) is 1.95. The van der Waals surface area contributed by atoms with Crippen molar-refractivity contribution in [3.63, 3.8) is 0 Å². The normalized spacial score (nSPS) is 16.3. The van der Waals surface area contributed by atoms with E-state index in [0.29, 0.717) is 12.1 Å². The van der Waals surface area contributed by atoms with Gasteiger partial charge in [0.25, 0.3) is 0 Å². The van der Waals surface area contributed by atoms with E-state index in [0.717, 1.165) is 50.8 Å². The quantitative estimate of drug-likeness (QED) is 0.429. The van der Waals surface area contributed by atoms with Crippen molar-refractivity contribution in [3.05, 3.63) is 59.7 Å². The smallest absolute Gasteiger partial charge is 0.123 e. The van der Waals surface area contributed by atoms with Crippen LogP contribution in [0.15, 0.2) is 48.5 Å². The van der Waals surface area contributed by atoms with Gasteiger partial charge in [-0.1, -0.05) is 36.4 Å². The lowest BCUT2D eigenvalue weighted by Gasteiger charge is -2.24. The van der Waals surface area contributed by atoms with Gasteiger partial charge in [-0.3, -0.25) is 0 Å². The molecule has 2 aliphatic rings. The van der Waals surface area contributed by atoms with Crippen LogP contribution in [-0.2, 0) is 13.1 Å². The zero-order chi connectivity index (χ0) is 22.4. The summed E-state index contributed by atoms with van der Waals surface area (Å²) in [6.07, 6.45) is 4.87. The fourth-order valence-corrected chi connectivity index (χ4v) is 4.26. The second-order valence-corrected chi connectivity index (χ2v) is 8.43. The van der Waals surface area contributed by atoms with E-state index in [9.17, 15) is 0 Å². The van der Waals surface area contributed by atoms with Gasteiger partial charge >= 0.3 is 0 Å². The largest absolute Gasteiger partial charge is 0.496 e. The summed E-state index contributed by atoms with van der Waals surface area (Å²) >= 11 is 0. The summed E-state index contributed by atoms with van der Waals surface area (Å²) in [4.78, 5) is 0. The molecular weight excluding hydrogens is 471 g/mol. The molecule has 0 amide bonds. The van der Waals surface area contributed by atoms with Crippen LogP contribution in [0.5, 0.6) is 11.5 Å². The fraction of sp³-hybridized carbons (Fsp3) is 0.538. The summed E-state index contributed by atoms with van der Waals surface area (Å²) in [6.45, 7) is 6.31. The van der Waals surface area contributed by atoms with Crippen molar-refractivity contribution < 1.29 is 9.47 Å². The molecule has 2 aromatic carbocycles. The van der Waals surface area contributed by atoms with E-state index in [1.165, 1.54) is 36.8 Å². The van der Waals surface area contributed by atoms with Gasteiger partial charge in [0.15, 0.2) is 0 Å². The summed E-state index contributed by atoms with van der Waals surface area (Å²) in [6, 6.07) is 17.7. The highest BCUT2D eigenvalue weighted by molar-refractivity contribution is 5.85. The summed E-state index contributed by atoms with van der Waals surface area (Å²) in [5.41, 5.74) is 2.48. The van der Waals surface area contributed by atoms with Crippen LogP contribution in [0.2, 0.25) is 0 Å². The Hall–Kier alpha value is -1.54. The highest BCUT2D eigenvalue weighted by Crippen LogP contribution is 2.18. The van der Waals surface area contributed by atoms with Crippen molar-refractivity contribution in [2.24, 2.45) is 0 Å². The molecule has 0 aromatic heterocycles. The van der Waals surface area contributed by atoms with E-state index < -0.39 is 0 Å². The maximum Gasteiger partial charge on any atom is 0.123 e. The van der Waals surface area contributed by atoms with Crippen LogP contribution in [0, 0.1) is 0 Å². The highest BCUT2D eigenvalue weighted by Gasteiger charge is 2.13. The fourth-order valence-electron chi connectivity index (χ4n) is 4.26. The zero-order valence-electron chi connectivity index (χ0n) is 20.5. The van der Waals surface area contributed by atoms with Gasteiger partial charge in [0.1, 0.15) is 11.5 Å². The molecule has 0 aliphatic carbocycles. The van der Waals surface area contributed by atoms with Crippen molar-refractivity contribution in [2.45, 2.75) is 50.9 Å². The van der Waals surface area contributed by atoms with Crippen LogP contribution in [0.25, 0.3) is 0 Å². The molecular formula is C26H42Cl2N4O2. The second kappa shape index (κ2) is 17.8. The first kappa shape index (κ1) is 30.5. The van der Waals surface area contributed by atoms with Crippen LogP contribution >= 0.6 is 24.8 Å². The van der Waals surface area contributed by atoms with Gasteiger partial charge < -0.3 is 30.7 Å². The van der Waals surface area contributed by atoms with Crippen LogP contribution in [0.1, 0.15) is 36.8 Å². The van der Waals surface area contributed by atoms with E-state index in [1.807, 2.05) is 24.3 Å². The van der Waals surface area contributed by atoms with Crippen LogP contribution in [0.3, 0.4) is 0 Å². The number of benzene rings is 2. The third-order valence-corrected chi connectivity index (χ3v) is 6.23. The van der Waals surface area contributed by atoms with Gasteiger partial charge in [-0.2, -0.15) is 0 Å². The molecule has 0 atom stereocenters. The molecule has 8 heteroatoms. The van der Waals surface area contributed by atoms with E-state index in [1.54, 1.807) is 14.2 Å². The highest BCUT2D eigenvalue weighted by atomic mass is 35.5. The number of hydrogen-bond acceptors (Lipinski definition) is 6. The standard InChI is InChI=1S/2C13H20N2O.2ClH/c2*1-16-13-5-3-2-4-11(13)10-15-12-6-8-14-9-7-12;;/h2*2-5,12,14-15H,6-10H2,1H3;2*1H. The lowest BCUT2D eigenvalue weighted by atomic mass is 10.1. The van der Waals surface area contributed by atoms with E-state index in [2.05, 4.69) is 45.5 Å². The molecule has 2 saturated heterocycles. The molecule has 4 N–H and O–H groups in total. The molecule has 192 valence electrons. The van der Waals surface area contributed by atoms with Gasteiger partial charge in [-0.25, -0.2) is 0 Å². The van der Waals surface area contributed by atoms with Crippen molar-refractivity contribution in [1.29, 1.82) is 0 Å². The average molecular weight is 514 g/mol. The lowest BCUT2D eigenvalue weighted by molar-refractivity contribution is 0.376. The Balaban J connectivity index is 0.000000321. The molecule has 0 spiro atoms. The Morgan fingerprint density at radius 1 is 0.647 bits per heavy atom. The maximum absolute atomic E-state index is 5.33. The third-order valence-electron chi connectivity index (χ3n) is 6.23. The van der Waals surface area contributed by atoms with Crippen LogP contribution in [0.4, 0.5) is 0 Å². The Morgan fingerprint density at radius 2 is 1.00 bits per heavy atom. The molecule has 2 aliphatic heterocycles. The van der Waals surface area contributed by atoms with Crippen LogP contribution in [-0.4, -0.2) is 52.5 Å². The number of halogens is 2. The zero-order valence-corrected chi connectivity index (χ0v) is 22.1. The van der Waals surface area contributed by atoms with Crippen molar-refractivity contribution in [2.75, 3.05) is 40.4 Å². The molecule has 0 radical (unpaired) electrons. The summed E-state index contributed by atoms with van der Waals surface area (Å²) < 4.78 is 10.7. The average Bonchev–Trinajstić information content (AvgIpc) is 2.88. The Bertz CT molecular complexity index is 719. The predicted octanol–water partition coefficient (Wildman–Crippen LogP) is 3.92. The van der Waals surface area contributed by atoms with Gasteiger partial charge in [0.2, 0.25) is 0 Å². The second-order valence-electron chi connectivity index (χ2n) is 8.43. The van der Waals surface area contributed by atoms with Crippen molar-refractivity contribution >= 4 is 24.8 Å². The maximum atomic E-state index is 5.33. The number of para-hydroxylation sites is 2. The molecule has 6 nitrogen and oxygen atoms in total. The predicted molar refractivity (Wildman–Crippen MR) is 146 cm³/mol. The minimum Gasteiger partial charge on any atom is -0.496 e. The number of methoxy groups -OCH3 is 2. The van der Waals surface area contributed by atoms with Gasteiger partial charge in [-0.15, -0.1) is 24.8 Å². The first-order chi connectivity index (χ1) is 15.8. The number of hydrogen-bond donors (Lipinski definition) is 4. The lowest BCUT2D eigenvalue weighted by Crippen LogP contribution is -2.39. The van der Waals surface area contributed by atoms with Crippen molar-refractivity contribution in [1.82, 2.24) is 21.3 Å². The Morgan fingerprint density at radius 3 is 1.35 bits per heavy atom. The SMILES string of the molecule is COc1ccccc1CNC1CCNCC1.COc1ccccc1CNC1CCNCC1.Cl.Cl. The van der Waals surface area contributed by atoms with Crippen molar-refractivity contribution in [3.8, 4) is 11.5 Å². The molecule has 4 rings (SSSR count). The topological polar surface area (TPSA) is 66.6 Å². The molecule has 2 aromatic rings. The molecule has 0 bridgehead atoms. The molecule has 0 unspecified atom stereocenters. The number of nitrogens with one attached hydrogen (secondary N) is 4.